The van der Waals surface area contributed by atoms with E-state index in [-0.39, 0.29) is 17.5 Å². The molecular formula is C11H9Cl2N3O. The summed E-state index contributed by atoms with van der Waals surface area (Å²) in [5.41, 5.74) is 1.29. The smallest absolute Gasteiger partial charge is 0.172 e. The first-order valence-electron chi connectivity index (χ1n) is 4.92. The Bertz CT molecular complexity index is 586. The van der Waals surface area contributed by atoms with Crippen molar-refractivity contribution in [1.29, 1.82) is 0 Å². The van der Waals surface area contributed by atoms with Crippen molar-refractivity contribution in [3.63, 3.8) is 0 Å². The van der Waals surface area contributed by atoms with E-state index in [2.05, 4.69) is 15.3 Å². The molecule has 0 aliphatic rings. The van der Waals surface area contributed by atoms with Gasteiger partial charge in [-0.2, -0.15) is 0 Å². The van der Waals surface area contributed by atoms with Crippen molar-refractivity contribution in [3.05, 3.63) is 28.4 Å². The van der Waals surface area contributed by atoms with Gasteiger partial charge in [0.05, 0.1) is 17.6 Å². The second kappa shape index (κ2) is 4.85. The largest absolute Gasteiger partial charge is 0.360 e. The van der Waals surface area contributed by atoms with Crippen LogP contribution in [0.3, 0.4) is 0 Å². The Kier molecular flexibility index (Phi) is 3.45. The van der Waals surface area contributed by atoms with Crippen molar-refractivity contribution < 1.29 is 4.79 Å². The molecule has 0 bridgehead atoms. The lowest BCUT2D eigenvalue weighted by Gasteiger charge is -2.06. The molecule has 0 radical (unpaired) electrons. The summed E-state index contributed by atoms with van der Waals surface area (Å²) in [6.07, 6.45) is 0. The van der Waals surface area contributed by atoms with Crippen molar-refractivity contribution in [2.45, 2.75) is 6.92 Å². The third-order valence-corrected chi connectivity index (χ3v) is 2.59. The lowest BCUT2D eigenvalue weighted by atomic mass is 10.3. The molecule has 17 heavy (non-hydrogen) atoms. The van der Waals surface area contributed by atoms with Gasteiger partial charge >= 0.3 is 0 Å². The van der Waals surface area contributed by atoms with Crippen LogP contribution >= 0.6 is 23.2 Å². The van der Waals surface area contributed by atoms with Gasteiger partial charge < -0.3 is 5.32 Å². The van der Waals surface area contributed by atoms with Crippen LogP contribution in [0.4, 0.5) is 5.82 Å². The van der Waals surface area contributed by atoms with Gasteiger partial charge in [-0.1, -0.05) is 23.2 Å². The summed E-state index contributed by atoms with van der Waals surface area (Å²) < 4.78 is 0. The molecule has 0 fully saturated rings. The first-order chi connectivity index (χ1) is 8.06. The fourth-order valence-electron chi connectivity index (χ4n) is 1.33. The van der Waals surface area contributed by atoms with Crippen LogP contribution in [-0.4, -0.2) is 22.3 Å². The van der Waals surface area contributed by atoms with Crippen molar-refractivity contribution in [1.82, 2.24) is 9.97 Å². The van der Waals surface area contributed by atoms with Crippen LogP contribution in [-0.2, 0) is 4.79 Å². The summed E-state index contributed by atoms with van der Waals surface area (Å²) in [6.45, 7) is 1.65. The van der Waals surface area contributed by atoms with E-state index in [1.165, 1.54) is 6.92 Å². The SMILES string of the molecule is CC(=O)CNc1nc2cc(Cl)ccc2nc1Cl. The number of fused-ring (bicyclic) bond motifs is 1. The maximum atomic E-state index is 10.9. The van der Waals surface area contributed by atoms with Crippen molar-refractivity contribution in [2.75, 3.05) is 11.9 Å². The molecule has 0 atom stereocenters. The van der Waals surface area contributed by atoms with Gasteiger partial charge in [-0.25, -0.2) is 9.97 Å². The normalized spacial score (nSPS) is 10.5. The lowest BCUT2D eigenvalue weighted by Crippen LogP contribution is -2.11. The zero-order chi connectivity index (χ0) is 12.4. The molecule has 0 amide bonds. The predicted molar refractivity (Wildman–Crippen MR) is 68.7 cm³/mol. The van der Waals surface area contributed by atoms with Crippen LogP contribution in [0.15, 0.2) is 18.2 Å². The van der Waals surface area contributed by atoms with Gasteiger partial charge in [-0.05, 0) is 25.1 Å². The number of Topliss-reactive ketones (excluding diaryl/α,β-unsaturated/α-hetero) is 1. The second-order valence-corrected chi connectivity index (χ2v) is 4.35. The number of nitrogens with zero attached hydrogens (tertiary/aromatic N) is 2. The van der Waals surface area contributed by atoms with Gasteiger partial charge in [0.25, 0.3) is 0 Å². The summed E-state index contributed by atoms with van der Waals surface area (Å²) in [5, 5.41) is 3.64. The fourth-order valence-corrected chi connectivity index (χ4v) is 1.69. The zero-order valence-electron chi connectivity index (χ0n) is 9.00. The molecule has 1 aromatic heterocycles. The Hall–Kier alpha value is -1.39. The van der Waals surface area contributed by atoms with Crippen molar-refractivity contribution >= 4 is 45.8 Å². The highest BCUT2D eigenvalue weighted by Gasteiger charge is 2.07. The Morgan fingerprint density at radius 2 is 2.06 bits per heavy atom. The van der Waals surface area contributed by atoms with Crippen LogP contribution in [0.1, 0.15) is 6.92 Å². The topological polar surface area (TPSA) is 54.9 Å². The van der Waals surface area contributed by atoms with Gasteiger partial charge in [0.2, 0.25) is 0 Å². The minimum atomic E-state index is -0.00550. The van der Waals surface area contributed by atoms with Gasteiger partial charge in [0.1, 0.15) is 5.78 Å². The standard InChI is InChI=1S/C11H9Cl2N3O/c1-6(17)5-14-11-10(13)15-8-3-2-7(12)4-9(8)16-11/h2-4H,5H2,1H3,(H,14,16). The highest BCUT2D eigenvalue weighted by atomic mass is 35.5. The van der Waals surface area contributed by atoms with Gasteiger partial charge in [0.15, 0.2) is 11.0 Å². The molecule has 0 unspecified atom stereocenters. The molecule has 2 rings (SSSR count). The highest BCUT2D eigenvalue weighted by Crippen LogP contribution is 2.23. The predicted octanol–water partition coefficient (Wildman–Crippen LogP) is 2.94. The Balaban J connectivity index is 2.42. The molecule has 0 aliphatic heterocycles. The third-order valence-electron chi connectivity index (χ3n) is 2.09. The molecule has 6 heteroatoms. The lowest BCUT2D eigenvalue weighted by molar-refractivity contribution is -0.115. The van der Waals surface area contributed by atoms with E-state index < -0.39 is 0 Å². The third kappa shape index (κ3) is 2.84. The van der Waals surface area contributed by atoms with Crippen molar-refractivity contribution in [2.24, 2.45) is 0 Å². The molecule has 2 aromatic rings. The quantitative estimate of drug-likeness (QED) is 0.931. The average Bonchev–Trinajstić information content (AvgIpc) is 2.26. The minimum Gasteiger partial charge on any atom is -0.360 e. The Morgan fingerprint density at radius 3 is 2.76 bits per heavy atom. The number of halogens is 2. The van der Waals surface area contributed by atoms with E-state index in [0.717, 1.165) is 0 Å². The van der Waals surface area contributed by atoms with E-state index in [1.807, 2.05) is 0 Å². The summed E-state index contributed by atoms with van der Waals surface area (Å²) >= 11 is 11.8. The molecule has 1 N–H and O–H groups in total. The van der Waals surface area contributed by atoms with E-state index in [0.29, 0.717) is 21.9 Å². The van der Waals surface area contributed by atoms with Gasteiger partial charge in [-0.3, -0.25) is 4.79 Å². The maximum absolute atomic E-state index is 10.9. The summed E-state index contributed by atoms with van der Waals surface area (Å²) in [5.74, 6) is 0.380. The maximum Gasteiger partial charge on any atom is 0.172 e. The summed E-state index contributed by atoms with van der Waals surface area (Å²) in [7, 11) is 0. The van der Waals surface area contributed by atoms with E-state index in [9.17, 15) is 4.79 Å². The number of rotatable bonds is 3. The van der Waals surface area contributed by atoms with Crippen LogP contribution in [0, 0.1) is 0 Å². The first-order valence-corrected chi connectivity index (χ1v) is 5.68. The highest BCUT2D eigenvalue weighted by molar-refractivity contribution is 6.32. The number of nitrogens with one attached hydrogen (secondary N) is 1. The van der Waals surface area contributed by atoms with Gasteiger partial charge in [0, 0.05) is 5.02 Å². The number of anilines is 1. The van der Waals surface area contributed by atoms with E-state index >= 15 is 0 Å². The first kappa shape index (κ1) is 12.1. The number of ketones is 1. The molecule has 0 saturated heterocycles. The molecule has 4 nitrogen and oxygen atoms in total. The Morgan fingerprint density at radius 1 is 1.29 bits per heavy atom. The van der Waals surface area contributed by atoms with Crippen LogP contribution < -0.4 is 5.32 Å². The van der Waals surface area contributed by atoms with E-state index in [1.54, 1.807) is 18.2 Å². The molecule has 1 heterocycles. The van der Waals surface area contributed by atoms with E-state index in [4.69, 9.17) is 23.2 Å². The minimum absolute atomic E-state index is 0.00550. The van der Waals surface area contributed by atoms with Crippen LogP contribution in [0.5, 0.6) is 0 Å². The molecular weight excluding hydrogens is 261 g/mol. The molecule has 1 aromatic carbocycles. The molecule has 0 spiro atoms. The second-order valence-electron chi connectivity index (χ2n) is 3.55. The average molecular weight is 270 g/mol. The summed E-state index contributed by atoms with van der Waals surface area (Å²) in [4.78, 5) is 19.3. The van der Waals surface area contributed by atoms with Crippen molar-refractivity contribution in [3.8, 4) is 0 Å². The molecule has 88 valence electrons. The number of hydrogen-bond acceptors (Lipinski definition) is 4. The number of benzene rings is 1. The fraction of sp³-hybridized carbons (Fsp3) is 0.182. The van der Waals surface area contributed by atoms with Crippen LogP contribution in [0.25, 0.3) is 11.0 Å². The van der Waals surface area contributed by atoms with Crippen LogP contribution in [0.2, 0.25) is 10.2 Å². The summed E-state index contributed by atoms with van der Waals surface area (Å²) in [6, 6.07) is 5.15. The molecule has 0 aliphatic carbocycles. The zero-order valence-corrected chi connectivity index (χ0v) is 10.5. The van der Waals surface area contributed by atoms with Gasteiger partial charge in [-0.15, -0.1) is 0 Å². The number of aromatic nitrogens is 2. The number of carbonyl (C=O) groups excluding carboxylic acids is 1. The molecule has 0 saturated carbocycles. The monoisotopic (exact) mass is 269 g/mol. The number of hydrogen-bond donors (Lipinski definition) is 1. The Labute approximate surface area is 108 Å². The number of carbonyl (C=O) groups is 1.